The standard InChI is InChI=1S/C16H15Cl2NO/c17-13-4-2-6-15(16(13)18)19-14-5-1-3-10-9-11(20)7-8-12(10)14/h2,4,6-9,14,19-20H,1,3,5H2. The molecule has 20 heavy (non-hydrogen) atoms. The normalized spacial score (nSPS) is 17.6. The summed E-state index contributed by atoms with van der Waals surface area (Å²) in [6.45, 7) is 0. The summed E-state index contributed by atoms with van der Waals surface area (Å²) in [5, 5.41) is 14.2. The molecular formula is C16H15Cl2NO. The van der Waals surface area contributed by atoms with Crippen molar-refractivity contribution < 1.29 is 5.11 Å². The van der Waals surface area contributed by atoms with Crippen LogP contribution in [0.25, 0.3) is 0 Å². The summed E-state index contributed by atoms with van der Waals surface area (Å²) >= 11 is 12.3. The highest BCUT2D eigenvalue weighted by Gasteiger charge is 2.21. The molecule has 2 aromatic carbocycles. The van der Waals surface area contributed by atoms with Crippen LogP contribution < -0.4 is 5.32 Å². The number of rotatable bonds is 2. The van der Waals surface area contributed by atoms with Gasteiger partial charge in [0.05, 0.1) is 21.8 Å². The van der Waals surface area contributed by atoms with Gasteiger partial charge >= 0.3 is 0 Å². The average Bonchev–Trinajstić information content (AvgIpc) is 2.44. The van der Waals surface area contributed by atoms with Crippen molar-refractivity contribution in [1.29, 1.82) is 0 Å². The molecule has 0 radical (unpaired) electrons. The Hall–Kier alpha value is -1.38. The van der Waals surface area contributed by atoms with E-state index in [9.17, 15) is 5.11 Å². The predicted octanol–water partition coefficient (Wildman–Crippen LogP) is 5.19. The van der Waals surface area contributed by atoms with E-state index in [1.54, 1.807) is 12.1 Å². The minimum absolute atomic E-state index is 0.204. The molecule has 2 nitrogen and oxygen atoms in total. The van der Waals surface area contributed by atoms with E-state index in [-0.39, 0.29) is 6.04 Å². The first-order valence-corrected chi connectivity index (χ1v) is 7.43. The van der Waals surface area contributed by atoms with Gasteiger partial charge in [-0.25, -0.2) is 0 Å². The van der Waals surface area contributed by atoms with Gasteiger partial charge in [-0.05, 0) is 54.7 Å². The Balaban J connectivity index is 1.91. The third kappa shape index (κ3) is 2.58. The van der Waals surface area contributed by atoms with Crippen molar-refractivity contribution in [3.05, 3.63) is 57.6 Å². The highest BCUT2D eigenvalue weighted by atomic mass is 35.5. The van der Waals surface area contributed by atoms with Crippen LogP contribution in [0.5, 0.6) is 5.75 Å². The fourth-order valence-electron chi connectivity index (χ4n) is 2.75. The fraction of sp³-hybridized carbons (Fsp3) is 0.250. The Kier molecular flexibility index (Phi) is 3.77. The number of phenols is 1. The monoisotopic (exact) mass is 307 g/mol. The number of phenolic OH excluding ortho intramolecular Hbond substituents is 1. The molecule has 4 heteroatoms. The van der Waals surface area contributed by atoms with Crippen molar-refractivity contribution in [3.63, 3.8) is 0 Å². The number of hydrogen-bond donors (Lipinski definition) is 2. The lowest BCUT2D eigenvalue weighted by atomic mass is 9.87. The second kappa shape index (κ2) is 5.55. The summed E-state index contributed by atoms with van der Waals surface area (Å²) < 4.78 is 0. The molecule has 0 saturated heterocycles. The zero-order valence-electron chi connectivity index (χ0n) is 10.9. The van der Waals surface area contributed by atoms with Crippen LogP contribution >= 0.6 is 23.2 Å². The number of halogens is 2. The lowest BCUT2D eigenvalue weighted by Crippen LogP contribution is -2.17. The van der Waals surface area contributed by atoms with E-state index in [0.29, 0.717) is 15.8 Å². The van der Waals surface area contributed by atoms with Crippen molar-refractivity contribution in [1.82, 2.24) is 0 Å². The number of anilines is 1. The largest absolute Gasteiger partial charge is 0.508 e. The molecule has 1 aliphatic carbocycles. The van der Waals surface area contributed by atoms with Crippen LogP contribution in [0.15, 0.2) is 36.4 Å². The second-order valence-corrected chi connectivity index (χ2v) is 5.86. The number of aromatic hydroxyl groups is 1. The molecule has 1 unspecified atom stereocenters. The number of nitrogens with one attached hydrogen (secondary N) is 1. The lowest BCUT2D eigenvalue weighted by Gasteiger charge is -2.28. The van der Waals surface area contributed by atoms with E-state index in [2.05, 4.69) is 5.32 Å². The van der Waals surface area contributed by atoms with Crippen molar-refractivity contribution in [2.75, 3.05) is 5.32 Å². The predicted molar refractivity (Wildman–Crippen MR) is 83.9 cm³/mol. The van der Waals surface area contributed by atoms with E-state index in [0.717, 1.165) is 24.9 Å². The van der Waals surface area contributed by atoms with Crippen LogP contribution in [-0.4, -0.2) is 5.11 Å². The zero-order chi connectivity index (χ0) is 14.1. The molecule has 2 aromatic rings. The second-order valence-electron chi connectivity index (χ2n) is 5.07. The van der Waals surface area contributed by atoms with Gasteiger partial charge in [-0.2, -0.15) is 0 Å². The maximum Gasteiger partial charge on any atom is 0.115 e. The SMILES string of the molecule is Oc1ccc2c(c1)CCCC2Nc1cccc(Cl)c1Cl. The maximum absolute atomic E-state index is 9.59. The number of benzene rings is 2. The minimum atomic E-state index is 0.204. The van der Waals surface area contributed by atoms with Gasteiger partial charge in [0.2, 0.25) is 0 Å². The molecule has 0 aliphatic heterocycles. The van der Waals surface area contributed by atoms with Crippen molar-refractivity contribution >= 4 is 28.9 Å². The van der Waals surface area contributed by atoms with E-state index < -0.39 is 0 Å². The van der Waals surface area contributed by atoms with Gasteiger partial charge in [-0.3, -0.25) is 0 Å². The Morgan fingerprint density at radius 3 is 2.85 bits per heavy atom. The molecule has 0 saturated carbocycles. The highest BCUT2D eigenvalue weighted by molar-refractivity contribution is 6.43. The van der Waals surface area contributed by atoms with E-state index in [1.165, 1.54) is 11.1 Å². The first kappa shape index (κ1) is 13.6. The van der Waals surface area contributed by atoms with Crippen LogP contribution in [0, 0.1) is 0 Å². The fourth-order valence-corrected chi connectivity index (χ4v) is 3.11. The molecule has 0 spiro atoms. The highest BCUT2D eigenvalue weighted by Crippen LogP contribution is 2.37. The Bertz CT molecular complexity index is 642. The first-order chi connectivity index (χ1) is 9.65. The van der Waals surface area contributed by atoms with Crippen LogP contribution in [0.1, 0.15) is 30.0 Å². The number of aryl methyl sites for hydroxylation is 1. The molecular weight excluding hydrogens is 293 g/mol. The molecule has 0 fully saturated rings. The third-order valence-electron chi connectivity index (χ3n) is 3.72. The van der Waals surface area contributed by atoms with Crippen molar-refractivity contribution in [3.8, 4) is 5.75 Å². The van der Waals surface area contributed by atoms with Crippen LogP contribution in [0.2, 0.25) is 10.0 Å². The van der Waals surface area contributed by atoms with Gasteiger partial charge in [0.1, 0.15) is 5.75 Å². The van der Waals surface area contributed by atoms with Crippen LogP contribution in [-0.2, 0) is 6.42 Å². The summed E-state index contributed by atoms with van der Waals surface area (Å²) in [5.74, 6) is 0.324. The van der Waals surface area contributed by atoms with Gasteiger partial charge in [0.25, 0.3) is 0 Å². The molecule has 1 atom stereocenters. The van der Waals surface area contributed by atoms with Crippen molar-refractivity contribution in [2.24, 2.45) is 0 Å². The minimum Gasteiger partial charge on any atom is -0.508 e. The van der Waals surface area contributed by atoms with Gasteiger partial charge in [0, 0.05) is 0 Å². The molecule has 0 heterocycles. The lowest BCUT2D eigenvalue weighted by molar-refractivity contribution is 0.472. The molecule has 1 aliphatic rings. The molecule has 3 rings (SSSR count). The van der Waals surface area contributed by atoms with E-state index >= 15 is 0 Å². The van der Waals surface area contributed by atoms with Gasteiger partial charge in [-0.15, -0.1) is 0 Å². The topological polar surface area (TPSA) is 32.3 Å². The zero-order valence-corrected chi connectivity index (χ0v) is 12.4. The molecule has 0 amide bonds. The Labute approximate surface area is 128 Å². The van der Waals surface area contributed by atoms with Crippen molar-refractivity contribution in [2.45, 2.75) is 25.3 Å². The smallest absolute Gasteiger partial charge is 0.115 e. The first-order valence-electron chi connectivity index (χ1n) is 6.67. The summed E-state index contributed by atoms with van der Waals surface area (Å²) in [7, 11) is 0. The Morgan fingerprint density at radius 2 is 2.00 bits per heavy atom. The van der Waals surface area contributed by atoms with Gasteiger partial charge < -0.3 is 10.4 Å². The van der Waals surface area contributed by atoms with Crippen LogP contribution in [0.4, 0.5) is 5.69 Å². The molecule has 104 valence electrons. The molecule has 2 N–H and O–H groups in total. The average molecular weight is 308 g/mol. The quantitative estimate of drug-likeness (QED) is 0.800. The number of hydrogen-bond acceptors (Lipinski definition) is 2. The van der Waals surface area contributed by atoms with E-state index in [4.69, 9.17) is 23.2 Å². The van der Waals surface area contributed by atoms with Crippen LogP contribution in [0.3, 0.4) is 0 Å². The van der Waals surface area contributed by atoms with Gasteiger partial charge in [0.15, 0.2) is 0 Å². The summed E-state index contributed by atoms with van der Waals surface area (Å²) in [4.78, 5) is 0. The summed E-state index contributed by atoms with van der Waals surface area (Å²) in [6, 6.07) is 11.4. The third-order valence-corrected chi connectivity index (χ3v) is 4.54. The number of fused-ring (bicyclic) bond motifs is 1. The Morgan fingerprint density at radius 1 is 1.15 bits per heavy atom. The molecule has 0 bridgehead atoms. The molecule has 0 aromatic heterocycles. The van der Waals surface area contributed by atoms with E-state index in [1.807, 2.05) is 24.3 Å². The van der Waals surface area contributed by atoms with Gasteiger partial charge in [-0.1, -0.05) is 35.3 Å². The maximum atomic E-state index is 9.59. The summed E-state index contributed by atoms with van der Waals surface area (Å²) in [6.07, 6.45) is 3.14. The summed E-state index contributed by atoms with van der Waals surface area (Å²) in [5.41, 5.74) is 3.28.